The molecule has 13 heteroatoms. The van der Waals surface area contributed by atoms with Crippen molar-refractivity contribution in [3.05, 3.63) is 0 Å². The van der Waals surface area contributed by atoms with E-state index in [4.69, 9.17) is 5.02 Å². The Labute approximate surface area is 74.9 Å². The van der Waals surface area contributed by atoms with Crippen LogP contribution in [0.3, 0.4) is 0 Å². The monoisotopic (exact) mass is 184 g/mol. The Kier molecular flexibility index (Phi) is 4.16. The third-order valence-electron chi connectivity index (χ3n) is 1.01. The topological polar surface area (TPSA) is 101 Å². The molecule has 1 fully saturated rings. The first-order chi connectivity index (χ1) is 6.26. The Hall–Kier alpha value is -0.635. The van der Waals surface area contributed by atoms with Crippen molar-refractivity contribution in [2.24, 2.45) is 0 Å². The van der Waals surface area contributed by atoms with Crippen LogP contribution in [-0.2, 0) is 32.3 Å². The zero-order valence-corrected chi connectivity index (χ0v) is 6.19. The molecule has 1 heterocycles. The average Bonchev–Trinajstić information content (AvgIpc) is 2.04. The van der Waals surface area contributed by atoms with Crippen molar-refractivity contribution in [1.29, 1.82) is 0 Å². The molecule has 1 aliphatic rings. The van der Waals surface area contributed by atoms with Gasteiger partial charge in [0.25, 0.3) is 0 Å². The molecule has 0 bridgehead atoms. The zero-order valence-electron chi connectivity index (χ0n) is 6.19. The van der Waals surface area contributed by atoms with E-state index < -0.39 is 22.0 Å². The molecule has 1 aliphatic heterocycles. The SMILES string of the molecule is O=BOB1OB(O)OB(OB=O)O1. The van der Waals surface area contributed by atoms with Gasteiger partial charge in [-0.25, -0.2) is 0 Å². The molecule has 64 valence electrons. The van der Waals surface area contributed by atoms with Crippen LogP contribution in [0.4, 0.5) is 0 Å². The van der Waals surface area contributed by atoms with E-state index in [0.717, 1.165) is 0 Å². The zero-order chi connectivity index (χ0) is 9.68. The fourth-order valence-corrected chi connectivity index (χ4v) is 0.596. The molecule has 8 nitrogen and oxygen atoms in total. The maximum absolute atomic E-state index is 9.83. The van der Waals surface area contributed by atoms with Crippen molar-refractivity contribution in [2.45, 2.75) is 0 Å². The van der Waals surface area contributed by atoms with Gasteiger partial charge in [-0.1, -0.05) is 0 Å². The van der Waals surface area contributed by atoms with Crippen LogP contribution in [0.2, 0.25) is 0 Å². The molecule has 0 aromatic carbocycles. The maximum atomic E-state index is 9.83. The van der Waals surface area contributed by atoms with Gasteiger partial charge in [0.15, 0.2) is 0 Å². The molecule has 1 rings (SSSR count). The molecular weight excluding hydrogens is 182 g/mol. The van der Waals surface area contributed by atoms with E-state index in [9.17, 15) is 9.41 Å². The second kappa shape index (κ2) is 5.17. The van der Waals surface area contributed by atoms with Crippen molar-refractivity contribution in [1.82, 2.24) is 0 Å². The van der Waals surface area contributed by atoms with Gasteiger partial charge in [0.05, 0.1) is 0 Å². The molecule has 1 N–H and O–H groups in total. The van der Waals surface area contributed by atoms with Gasteiger partial charge < -0.3 is 0 Å². The van der Waals surface area contributed by atoms with Crippen LogP contribution in [0.25, 0.3) is 0 Å². The van der Waals surface area contributed by atoms with Crippen molar-refractivity contribution < 1.29 is 37.3 Å². The Morgan fingerprint density at radius 1 is 1.00 bits per heavy atom. The van der Waals surface area contributed by atoms with Crippen molar-refractivity contribution in [3.63, 3.8) is 0 Å². The van der Waals surface area contributed by atoms with Gasteiger partial charge in [-0.3, -0.25) is 0 Å². The summed E-state index contributed by atoms with van der Waals surface area (Å²) >= 11 is 0. The predicted octanol–water partition coefficient (Wildman–Crippen LogP) is -3.04. The fraction of sp³-hybridized carbons (Fsp3) is 0. The number of rotatable bonds is 4. The van der Waals surface area contributed by atoms with E-state index >= 15 is 0 Å². The summed E-state index contributed by atoms with van der Waals surface area (Å²) in [6.07, 6.45) is 0. The van der Waals surface area contributed by atoms with Gasteiger partial charge in [0.2, 0.25) is 0 Å². The molecule has 0 saturated carbocycles. The first kappa shape index (κ1) is 10.4. The quantitative estimate of drug-likeness (QED) is 0.459. The second-order valence-corrected chi connectivity index (χ2v) is 1.76. The Morgan fingerprint density at radius 2 is 1.46 bits per heavy atom. The van der Waals surface area contributed by atoms with Crippen molar-refractivity contribution >= 4 is 36.7 Å². The molecule has 0 aromatic heterocycles. The summed E-state index contributed by atoms with van der Waals surface area (Å²) in [5, 5.41) is 8.79. The summed E-state index contributed by atoms with van der Waals surface area (Å²) in [6, 6.07) is 0. The second-order valence-electron chi connectivity index (χ2n) is 1.76. The predicted molar refractivity (Wildman–Crippen MR) is 37.8 cm³/mol. The average molecular weight is 183 g/mol. The van der Waals surface area contributed by atoms with Crippen LogP contribution in [-0.4, -0.2) is 41.7 Å². The van der Waals surface area contributed by atoms with Gasteiger partial charge in [-0.2, -0.15) is 0 Å². The molecule has 0 unspecified atom stereocenters. The molecule has 0 amide bonds. The summed E-state index contributed by atoms with van der Waals surface area (Å²) in [5.41, 5.74) is 0. The van der Waals surface area contributed by atoms with Crippen LogP contribution >= 0.6 is 0 Å². The summed E-state index contributed by atoms with van der Waals surface area (Å²) in [4.78, 5) is 0. The number of hydrogen-bond donors (Lipinski definition) is 1. The third-order valence-corrected chi connectivity index (χ3v) is 1.01. The minimum atomic E-state index is -1.69. The van der Waals surface area contributed by atoms with Gasteiger partial charge >= 0.3 is 74.0 Å². The molecule has 0 aliphatic carbocycles. The molecule has 13 heavy (non-hydrogen) atoms. The fourth-order valence-electron chi connectivity index (χ4n) is 0.596. The van der Waals surface area contributed by atoms with E-state index in [0.29, 0.717) is 0 Å². The van der Waals surface area contributed by atoms with E-state index in [1.54, 1.807) is 0 Å². The van der Waals surface area contributed by atoms with Crippen LogP contribution in [0, 0.1) is 0 Å². The third kappa shape index (κ3) is 3.31. The van der Waals surface area contributed by atoms with Crippen molar-refractivity contribution in [2.75, 3.05) is 0 Å². The van der Waals surface area contributed by atoms with E-state index in [1.165, 1.54) is 0 Å². The normalized spacial score (nSPS) is 16.2. The molecule has 1 saturated heterocycles. The Bertz CT molecular complexity index is 163. The number of hydrogen-bond acceptors (Lipinski definition) is 8. The van der Waals surface area contributed by atoms with Crippen LogP contribution in [0.15, 0.2) is 0 Å². The van der Waals surface area contributed by atoms with Gasteiger partial charge in [-0.05, 0) is 0 Å². The van der Waals surface area contributed by atoms with Gasteiger partial charge in [0, 0.05) is 0 Å². The minimum absolute atomic E-state index is 0.0423. The van der Waals surface area contributed by atoms with E-state index in [1.807, 2.05) is 0 Å². The molecule has 0 atom stereocenters. The first-order valence-electron chi connectivity index (χ1n) is 3.09. The Morgan fingerprint density at radius 3 is 1.85 bits per heavy atom. The molecular formula is HB5O8. The molecule has 0 radical (unpaired) electrons. The summed E-state index contributed by atoms with van der Waals surface area (Å²) < 4.78 is 41.3. The van der Waals surface area contributed by atoms with Gasteiger partial charge in [0.1, 0.15) is 0 Å². The van der Waals surface area contributed by atoms with Crippen molar-refractivity contribution in [3.8, 4) is 0 Å². The van der Waals surface area contributed by atoms with Gasteiger partial charge in [-0.15, -0.1) is 0 Å². The molecule has 0 spiro atoms. The standard InChI is InChI=1S/B5HO8/c6-1-9-4-11-3(8)12-5(13-4)10-2-7/h8H. The van der Waals surface area contributed by atoms with Crippen LogP contribution in [0.5, 0.6) is 0 Å². The molecule has 0 aromatic rings. The van der Waals surface area contributed by atoms with Crippen LogP contribution in [0.1, 0.15) is 0 Å². The first-order valence-corrected chi connectivity index (χ1v) is 3.09. The van der Waals surface area contributed by atoms with E-state index in [2.05, 4.69) is 22.9 Å². The van der Waals surface area contributed by atoms with E-state index in [-0.39, 0.29) is 14.7 Å². The van der Waals surface area contributed by atoms with Crippen LogP contribution < -0.4 is 0 Å². The Balaban J connectivity index is 2.41. The summed E-state index contributed by atoms with van der Waals surface area (Å²) in [5.74, 6) is 0. The summed E-state index contributed by atoms with van der Waals surface area (Å²) in [7, 11) is -4.54. The summed E-state index contributed by atoms with van der Waals surface area (Å²) in [6.45, 7) is 0.